The van der Waals surface area contributed by atoms with E-state index in [1.165, 1.54) is 0 Å². The molecule has 0 saturated carbocycles. The van der Waals surface area contributed by atoms with Gasteiger partial charge in [0.25, 0.3) is 5.91 Å². The van der Waals surface area contributed by atoms with Crippen LogP contribution in [0.25, 0.3) is 16.8 Å². The van der Waals surface area contributed by atoms with Crippen LogP contribution in [0.2, 0.25) is 0 Å². The summed E-state index contributed by atoms with van der Waals surface area (Å²) in [5.74, 6) is -0.519. The van der Waals surface area contributed by atoms with E-state index in [9.17, 15) is 9.90 Å². The summed E-state index contributed by atoms with van der Waals surface area (Å²) in [5, 5.41) is 15.8. The first kappa shape index (κ1) is 16.5. The summed E-state index contributed by atoms with van der Waals surface area (Å²) >= 11 is 0. The molecule has 3 aromatic carbocycles. The van der Waals surface area contributed by atoms with Gasteiger partial charge in [0.1, 0.15) is 5.75 Å². The average molecular weight is 330 g/mol. The van der Waals surface area contributed by atoms with E-state index in [0.29, 0.717) is 0 Å². The molecule has 0 aliphatic rings. The van der Waals surface area contributed by atoms with Gasteiger partial charge in [-0.2, -0.15) is 5.10 Å². The van der Waals surface area contributed by atoms with Crippen molar-refractivity contribution in [1.82, 2.24) is 5.43 Å². The molecule has 0 bridgehead atoms. The van der Waals surface area contributed by atoms with Crippen LogP contribution in [0.15, 0.2) is 77.4 Å². The first-order chi connectivity index (χ1) is 12.1. The first-order valence-electron chi connectivity index (χ1n) is 7.92. The lowest BCUT2D eigenvalue weighted by molar-refractivity contribution is 0.0952. The summed E-state index contributed by atoms with van der Waals surface area (Å²) in [6.45, 7) is 1.90. The zero-order chi connectivity index (χ0) is 17.6. The number of hydrazone groups is 1. The summed E-state index contributed by atoms with van der Waals surface area (Å²) in [6.07, 6.45) is 3.53. The minimum absolute atomic E-state index is 0.0667. The molecule has 0 atom stereocenters. The van der Waals surface area contributed by atoms with Crippen LogP contribution in [0.3, 0.4) is 0 Å². The van der Waals surface area contributed by atoms with Crippen molar-refractivity contribution in [3.8, 4) is 5.75 Å². The van der Waals surface area contributed by atoms with Crippen molar-refractivity contribution in [2.24, 2.45) is 5.10 Å². The van der Waals surface area contributed by atoms with Gasteiger partial charge in [0.15, 0.2) is 0 Å². The second kappa shape index (κ2) is 7.45. The van der Waals surface area contributed by atoms with Gasteiger partial charge in [0.05, 0.1) is 11.8 Å². The molecule has 0 aliphatic heterocycles. The molecule has 0 aromatic heterocycles. The summed E-state index contributed by atoms with van der Waals surface area (Å²) in [6, 6.07) is 20.6. The highest BCUT2D eigenvalue weighted by Gasteiger charge is 2.11. The Balaban J connectivity index is 1.72. The Morgan fingerprint density at radius 3 is 2.36 bits per heavy atom. The lowest BCUT2D eigenvalue weighted by Gasteiger charge is -2.05. The van der Waals surface area contributed by atoms with Gasteiger partial charge in [-0.15, -0.1) is 0 Å². The number of nitrogens with zero attached hydrogens (tertiary/aromatic N) is 1. The number of rotatable bonds is 4. The number of aromatic hydroxyl groups is 1. The second-order valence-corrected chi connectivity index (χ2v) is 5.71. The lowest BCUT2D eigenvalue weighted by atomic mass is 10.1. The van der Waals surface area contributed by atoms with Gasteiger partial charge in [0, 0.05) is 0 Å². The molecule has 4 heteroatoms. The third-order valence-corrected chi connectivity index (χ3v) is 3.74. The Kier molecular flexibility index (Phi) is 4.90. The Hall–Kier alpha value is -3.40. The molecule has 124 valence electrons. The fraction of sp³-hybridized carbons (Fsp3) is 0.0476. The van der Waals surface area contributed by atoms with Crippen LogP contribution in [-0.4, -0.2) is 17.2 Å². The van der Waals surface area contributed by atoms with Crippen molar-refractivity contribution in [2.45, 2.75) is 6.92 Å². The molecule has 0 unspecified atom stereocenters. The monoisotopic (exact) mass is 330 g/mol. The molecular formula is C21H18N2O2. The SMILES string of the molecule is CC(=C/c1ccccc1)/C=N/NC(=O)c1cc2ccccc2cc1O. The molecule has 0 aliphatic carbocycles. The van der Waals surface area contributed by atoms with Crippen LogP contribution in [0.4, 0.5) is 0 Å². The number of carbonyl (C=O) groups is 1. The van der Waals surface area contributed by atoms with Gasteiger partial charge in [0.2, 0.25) is 0 Å². The molecule has 0 saturated heterocycles. The van der Waals surface area contributed by atoms with E-state index in [4.69, 9.17) is 0 Å². The number of benzene rings is 3. The van der Waals surface area contributed by atoms with E-state index in [-0.39, 0.29) is 11.3 Å². The Labute approximate surface area is 146 Å². The van der Waals surface area contributed by atoms with Crippen LogP contribution in [-0.2, 0) is 0 Å². The predicted molar refractivity (Wildman–Crippen MR) is 102 cm³/mol. The quantitative estimate of drug-likeness (QED) is 0.551. The normalized spacial score (nSPS) is 11.8. The molecule has 0 radical (unpaired) electrons. The van der Waals surface area contributed by atoms with Crippen molar-refractivity contribution in [3.63, 3.8) is 0 Å². The van der Waals surface area contributed by atoms with Gasteiger partial charge in [-0.05, 0) is 41.0 Å². The average Bonchev–Trinajstić information content (AvgIpc) is 2.61. The van der Waals surface area contributed by atoms with Gasteiger partial charge in [-0.3, -0.25) is 4.79 Å². The number of allylic oxidation sites excluding steroid dienone is 1. The standard InChI is InChI=1S/C21H18N2O2/c1-15(11-16-7-3-2-4-8-16)14-22-23-21(25)19-12-17-9-5-6-10-18(17)13-20(19)24/h2-14,24H,1H3,(H,23,25)/b15-11-,22-14+. The number of phenolic OH excluding ortho intramolecular Hbond substituents is 1. The highest BCUT2D eigenvalue weighted by Crippen LogP contribution is 2.24. The number of amides is 1. The minimum Gasteiger partial charge on any atom is -0.507 e. The predicted octanol–water partition coefficient (Wildman–Crippen LogP) is 4.36. The molecule has 1 amide bonds. The summed E-state index contributed by atoms with van der Waals surface area (Å²) in [4.78, 5) is 12.2. The maximum Gasteiger partial charge on any atom is 0.275 e. The van der Waals surface area contributed by atoms with E-state index >= 15 is 0 Å². The first-order valence-corrected chi connectivity index (χ1v) is 7.92. The van der Waals surface area contributed by atoms with Crippen molar-refractivity contribution < 1.29 is 9.90 Å². The topological polar surface area (TPSA) is 61.7 Å². The third kappa shape index (κ3) is 4.12. The molecular weight excluding hydrogens is 312 g/mol. The maximum atomic E-state index is 12.2. The highest BCUT2D eigenvalue weighted by atomic mass is 16.3. The van der Waals surface area contributed by atoms with Crippen LogP contribution in [0.1, 0.15) is 22.8 Å². The van der Waals surface area contributed by atoms with E-state index in [1.54, 1.807) is 18.3 Å². The van der Waals surface area contributed by atoms with Crippen molar-refractivity contribution in [3.05, 3.63) is 83.4 Å². The number of carbonyl (C=O) groups excluding carboxylic acids is 1. The Morgan fingerprint density at radius 2 is 1.64 bits per heavy atom. The fourth-order valence-corrected chi connectivity index (χ4v) is 2.51. The van der Waals surface area contributed by atoms with Crippen LogP contribution in [0.5, 0.6) is 5.75 Å². The lowest BCUT2D eigenvalue weighted by Crippen LogP contribution is -2.17. The van der Waals surface area contributed by atoms with Gasteiger partial charge in [-0.1, -0.05) is 60.7 Å². The van der Waals surface area contributed by atoms with Crippen molar-refractivity contribution in [2.75, 3.05) is 0 Å². The number of fused-ring (bicyclic) bond motifs is 1. The fourth-order valence-electron chi connectivity index (χ4n) is 2.51. The second-order valence-electron chi connectivity index (χ2n) is 5.71. The molecule has 0 heterocycles. The number of hydrogen-bond donors (Lipinski definition) is 2. The summed E-state index contributed by atoms with van der Waals surface area (Å²) in [7, 11) is 0. The zero-order valence-electron chi connectivity index (χ0n) is 13.8. The molecule has 3 aromatic rings. The molecule has 3 rings (SSSR count). The van der Waals surface area contributed by atoms with E-state index in [0.717, 1.165) is 21.9 Å². The largest absolute Gasteiger partial charge is 0.507 e. The Bertz CT molecular complexity index is 960. The summed E-state index contributed by atoms with van der Waals surface area (Å²) in [5.41, 5.74) is 4.60. The van der Waals surface area contributed by atoms with Gasteiger partial charge < -0.3 is 5.11 Å². The minimum atomic E-state index is -0.452. The molecule has 25 heavy (non-hydrogen) atoms. The number of phenols is 1. The zero-order valence-corrected chi connectivity index (χ0v) is 13.8. The molecule has 4 nitrogen and oxygen atoms in total. The van der Waals surface area contributed by atoms with Crippen LogP contribution < -0.4 is 5.43 Å². The Morgan fingerprint density at radius 1 is 1.00 bits per heavy atom. The molecule has 0 spiro atoms. The van der Waals surface area contributed by atoms with Crippen molar-refractivity contribution in [1.29, 1.82) is 0 Å². The van der Waals surface area contributed by atoms with Gasteiger partial charge in [-0.25, -0.2) is 5.43 Å². The van der Waals surface area contributed by atoms with Crippen LogP contribution >= 0.6 is 0 Å². The third-order valence-electron chi connectivity index (χ3n) is 3.74. The highest BCUT2D eigenvalue weighted by molar-refractivity contribution is 6.01. The van der Waals surface area contributed by atoms with E-state index in [1.807, 2.05) is 67.6 Å². The molecule has 0 fully saturated rings. The van der Waals surface area contributed by atoms with E-state index in [2.05, 4.69) is 10.5 Å². The number of hydrogen-bond acceptors (Lipinski definition) is 3. The smallest absolute Gasteiger partial charge is 0.275 e. The summed E-state index contributed by atoms with van der Waals surface area (Å²) < 4.78 is 0. The number of nitrogens with one attached hydrogen (secondary N) is 1. The van der Waals surface area contributed by atoms with Crippen LogP contribution in [0, 0.1) is 0 Å². The maximum absolute atomic E-state index is 12.2. The van der Waals surface area contributed by atoms with E-state index < -0.39 is 5.91 Å². The molecule has 2 N–H and O–H groups in total. The van der Waals surface area contributed by atoms with Crippen molar-refractivity contribution >= 4 is 29.0 Å². The van der Waals surface area contributed by atoms with Gasteiger partial charge >= 0.3 is 0 Å².